The number of aliphatic imine (C=N–C) groups is 1. The van der Waals surface area contributed by atoms with Crippen LogP contribution in [-0.2, 0) is 19.8 Å². The number of hydrogen-bond donors (Lipinski definition) is 2. The molecule has 1 saturated carbocycles. The maximum Gasteiger partial charge on any atom is 0.435 e. The molecular weight excluding hydrogens is 402 g/mol. The molecule has 6 nitrogen and oxygen atoms in total. The predicted molar refractivity (Wildman–Crippen MR) is 105 cm³/mol. The van der Waals surface area contributed by atoms with Crippen LogP contribution >= 0.6 is 0 Å². The van der Waals surface area contributed by atoms with Crippen LogP contribution in [0.3, 0.4) is 0 Å². The van der Waals surface area contributed by atoms with Gasteiger partial charge in [-0.25, -0.2) is 4.39 Å². The van der Waals surface area contributed by atoms with E-state index >= 15 is 0 Å². The fraction of sp³-hybridized carbons (Fsp3) is 0.500. The molecule has 30 heavy (non-hydrogen) atoms. The van der Waals surface area contributed by atoms with Crippen LogP contribution in [0.5, 0.6) is 5.75 Å². The maximum absolute atomic E-state index is 14.3. The topological polar surface area (TPSA) is 63.5 Å². The van der Waals surface area contributed by atoms with Gasteiger partial charge in [0.1, 0.15) is 0 Å². The number of aromatic nitrogens is 2. The van der Waals surface area contributed by atoms with E-state index in [1.54, 1.807) is 19.1 Å². The molecule has 1 aliphatic rings. The van der Waals surface area contributed by atoms with Gasteiger partial charge in [0.15, 0.2) is 23.2 Å². The lowest BCUT2D eigenvalue weighted by atomic mass is 10.1. The van der Waals surface area contributed by atoms with E-state index in [0.29, 0.717) is 18.1 Å². The second-order valence-electron chi connectivity index (χ2n) is 7.41. The molecule has 10 heteroatoms. The summed E-state index contributed by atoms with van der Waals surface area (Å²) in [6, 6.07) is 4.39. The number of nitrogens with zero attached hydrogens (tertiary/aromatic N) is 3. The summed E-state index contributed by atoms with van der Waals surface area (Å²) in [6.45, 7) is 2.21. The molecule has 2 aromatic rings. The van der Waals surface area contributed by atoms with Gasteiger partial charge in [-0.1, -0.05) is 6.07 Å². The highest BCUT2D eigenvalue weighted by Crippen LogP contribution is 2.31. The Kier molecular flexibility index (Phi) is 6.52. The zero-order chi connectivity index (χ0) is 21.9. The highest BCUT2D eigenvalue weighted by Gasteiger charge is 2.36. The van der Waals surface area contributed by atoms with Crippen molar-refractivity contribution in [3.05, 3.63) is 47.0 Å². The van der Waals surface area contributed by atoms with Crippen LogP contribution in [0, 0.1) is 11.7 Å². The summed E-state index contributed by atoms with van der Waals surface area (Å²) in [7, 11) is 2.94. The molecule has 0 bridgehead atoms. The van der Waals surface area contributed by atoms with Crippen LogP contribution < -0.4 is 15.4 Å². The highest BCUT2D eigenvalue weighted by atomic mass is 19.4. The highest BCUT2D eigenvalue weighted by molar-refractivity contribution is 5.80. The molecule has 1 aliphatic carbocycles. The lowest BCUT2D eigenvalue weighted by molar-refractivity contribution is -0.142. The first-order chi connectivity index (χ1) is 14.2. The number of ether oxygens (including phenoxy) is 1. The Hall–Kier alpha value is -2.78. The van der Waals surface area contributed by atoms with E-state index in [2.05, 4.69) is 20.7 Å². The minimum absolute atomic E-state index is 0.00353. The van der Waals surface area contributed by atoms with E-state index < -0.39 is 17.7 Å². The number of nitrogens with one attached hydrogen (secondary N) is 2. The van der Waals surface area contributed by atoms with Crippen molar-refractivity contribution in [3.63, 3.8) is 0 Å². The largest absolute Gasteiger partial charge is 0.490 e. The minimum atomic E-state index is -4.54. The lowest BCUT2D eigenvalue weighted by Gasteiger charge is -2.19. The number of guanidine groups is 1. The third-order valence-corrected chi connectivity index (χ3v) is 4.82. The summed E-state index contributed by atoms with van der Waals surface area (Å²) in [5.41, 5.74) is -0.278. The van der Waals surface area contributed by atoms with Gasteiger partial charge in [0.05, 0.1) is 12.6 Å². The molecule has 1 heterocycles. The van der Waals surface area contributed by atoms with Crippen LogP contribution in [0.25, 0.3) is 0 Å². The summed E-state index contributed by atoms with van der Waals surface area (Å²) in [4.78, 5) is 4.03. The van der Waals surface area contributed by atoms with E-state index in [1.165, 1.54) is 26.4 Å². The first-order valence-electron chi connectivity index (χ1n) is 9.66. The van der Waals surface area contributed by atoms with Crippen LogP contribution in [0.2, 0.25) is 0 Å². The van der Waals surface area contributed by atoms with Crippen LogP contribution in [0.4, 0.5) is 17.6 Å². The number of halogens is 4. The van der Waals surface area contributed by atoms with Crippen molar-refractivity contribution in [1.82, 2.24) is 20.4 Å². The quantitative estimate of drug-likeness (QED) is 0.401. The zero-order valence-electron chi connectivity index (χ0n) is 17.1. The normalized spacial score (nSPS) is 15.8. The average molecular weight is 427 g/mol. The molecule has 1 unspecified atom stereocenters. The third-order valence-electron chi connectivity index (χ3n) is 4.82. The second-order valence-corrected chi connectivity index (χ2v) is 7.41. The predicted octanol–water partition coefficient (Wildman–Crippen LogP) is 3.79. The zero-order valence-corrected chi connectivity index (χ0v) is 17.1. The summed E-state index contributed by atoms with van der Waals surface area (Å²) in [6.07, 6.45) is -0.988. The molecule has 3 rings (SSSR count). The van der Waals surface area contributed by atoms with Gasteiger partial charge in [0, 0.05) is 32.4 Å². The van der Waals surface area contributed by atoms with Crippen molar-refractivity contribution in [3.8, 4) is 5.75 Å². The summed E-state index contributed by atoms with van der Waals surface area (Å²) in [5.74, 6) is 0.581. The van der Waals surface area contributed by atoms with Gasteiger partial charge < -0.3 is 15.4 Å². The van der Waals surface area contributed by atoms with Gasteiger partial charge in [-0.15, -0.1) is 0 Å². The summed E-state index contributed by atoms with van der Waals surface area (Å²) < 4.78 is 60.2. The van der Waals surface area contributed by atoms with E-state index in [0.717, 1.165) is 17.5 Å². The van der Waals surface area contributed by atoms with E-state index in [-0.39, 0.29) is 29.9 Å². The first-order valence-corrected chi connectivity index (χ1v) is 9.66. The van der Waals surface area contributed by atoms with Crippen molar-refractivity contribution >= 4 is 5.96 Å². The maximum atomic E-state index is 14.3. The van der Waals surface area contributed by atoms with Gasteiger partial charge in [-0.2, -0.15) is 18.3 Å². The van der Waals surface area contributed by atoms with E-state index in [9.17, 15) is 17.6 Å². The van der Waals surface area contributed by atoms with Crippen LogP contribution in [-0.4, -0.2) is 29.4 Å². The molecule has 0 radical (unpaired) electrons. The fourth-order valence-corrected chi connectivity index (χ4v) is 2.96. The Morgan fingerprint density at radius 1 is 1.37 bits per heavy atom. The minimum Gasteiger partial charge on any atom is -0.490 e. The Balaban J connectivity index is 1.60. The lowest BCUT2D eigenvalue weighted by Crippen LogP contribution is -2.38. The first kappa shape index (κ1) is 21.9. The molecule has 1 aromatic heterocycles. The molecule has 164 valence electrons. The number of aryl methyl sites for hydroxylation is 1. The average Bonchev–Trinajstić information content (AvgIpc) is 3.43. The van der Waals surface area contributed by atoms with Gasteiger partial charge in [0.2, 0.25) is 0 Å². The van der Waals surface area contributed by atoms with Gasteiger partial charge >= 0.3 is 6.18 Å². The van der Waals surface area contributed by atoms with E-state index in [4.69, 9.17) is 4.74 Å². The fourth-order valence-electron chi connectivity index (χ4n) is 2.96. The Bertz CT molecular complexity index is 905. The number of rotatable bonds is 7. The van der Waals surface area contributed by atoms with Gasteiger partial charge in [-0.05, 0) is 43.4 Å². The summed E-state index contributed by atoms with van der Waals surface area (Å²) in [5, 5.41) is 9.37. The van der Waals surface area contributed by atoms with Crippen LogP contribution in [0.1, 0.15) is 42.6 Å². The molecule has 0 amide bonds. The third kappa shape index (κ3) is 5.64. The van der Waals surface area contributed by atoms with Crippen molar-refractivity contribution in [1.29, 1.82) is 0 Å². The van der Waals surface area contributed by atoms with Gasteiger partial charge in [-0.3, -0.25) is 9.67 Å². The second kappa shape index (κ2) is 8.93. The Morgan fingerprint density at radius 2 is 2.10 bits per heavy atom. The van der Waals surface area contributed by atoms with Crippen molar-refractivity contribution in [2.45, 2.75) is 38.5 Å². The van der Waals surface area contributed by atoms with E-state index in [1.807, 2.05) is 0 Å². The molecule has 1 fully saturated rings. The molecule has 2 N–H and O–H groups in total. The Labute approximate surface area is 172 Å². The molecule has 0 spiro atoms. The van der Waals surface area contributed by atoms with Crippen molar-refractivity contribution in [2.75, 3.05) is 13.7 Å². The van der Waals surface area contributed by atoms with Crippen molar-refractivity contribution < 1.29 is 22.3 Å². The monoisotopic (exact) mass is 427 g/mol. The smallest absolute Gasteiger partial charge is 0.435 e. The van der Waals surface area contributed by atoms with Crippen molar-refractivity contribution in [2.24, 2.45) is 18.0 Å². The SMILES string of the molecule is CN=C(NCc1cn(C)nc1C(F)(F)F)NC(C)c1ccc(OCC2CC2)c(F)c1. The summed E-state index contributed by atoms with van der Waals surface area (Å²) >= 11 is 0. The Morgan fingerprint density at radius 3 is 2.70 bits per heavy atom. The number of alkyl halides is 3. The number of hydrogen-bond acceptors (Lipinski definition) is 3. The van der Waals surface area contributed by atoms with Gasteiger partial charge in [0.25, 0.3) is 0 Å². The molecule has 1 aromatic carbocycles. The number of benzene rings is 1. The van der Waals surface area contributed by atoms with Crippen LogP contribution in [0.15, 0.2) is 29.4 Å². The molecule has 0 saturated heterocycles. The molecular formula is C20H25F4N5O. The standard InChI is InChI=1S/C20H25F4N5O/c1-12(14-6-7-17(16(21)8-14)30-11-13-4-5-13)27-19(25-2)26-9-15-10-29(3)28-18(15)20(22,23)24/h6-8,10,12-13H,4-5,9,11H2,1-3H3,(H2,25,26,27). The molecule has 1 atom stereocenters. The molecule has 0 aliphatic heterocycles.